The normalized spacial score (nSPS) is 10.6. The topological polar surface area (TPSA) is 67.8 Å². The molecule has 1 aromatic carbocycles. The van der Waals surface area contributed by atoms with Crippen LogP contribution in [0, 0.1) is 13.8 Å². The van der Waals surface area contributed by atoms with Crippen molar-refractivity contribution in [2.45, 2.75) is 20.3 Å². The van der Waals surface area contributed by atoms with Crippen molar-refractivity contribution in [2.24, 2.45) is 0 Å². The van der Waals surface area contributed by atoms with Gasteiger partial charge in [0.25, 0.3) is 0 Å². The second-order valence-corrected chi connectivity index (χ2v) is 6.90. The minimum atomic E-state index is -0.174. The number of hydrogen-bond donors (Lipinski definition) is 1. The van der Waals surface area contributed by atoms with Gasteiger partial charge < -0.3 is 0 Å². The average molecular weight is 359 g/mol. The Bertz CT molecular complexity index is 877. The van der Waals surface area contributed by atoms with Gasteiger partial charge in [-0.25, -0.2) is 15.0 Å². The lowest BCUT2D eigenvalue weighted by molar-refractivity contribution is -0.115. The van der Waals surface area contributed by atoms with Gasteiger partial charge in [0.05, 0.1) is 27.7 Å². The van der Waals surface area contributed by atoms with E-state index in [-0.39, 0.29) is 18.3 Å². The zero-order valence-corrected chi connectivity index (χ0v) is 14.8. The summed E-state index contributed by atoms with van der Waals surface area (Å²) in [5.74, 6) is 0.114. The molecule has 0 bridgehead atoms. The molecule has 0 atom stereocenters. The van der Waals surface area contributed by atoms with Crippen molar-refractivity contribution in [3.8, 4) is 10.6 Å². The highest BCUT2D eigenvalue weighted by molar-refractivity contribution is 7.15. The lowest BCUT2D eigenvalue weighted by Gasteiger charge is -2.05. The number of anilines is 1. The molecule has 0 spiro atoms. The predicted octanol–water partition coefficient (Wildman–Crippen LogP) is 4.05. The zero-order chi connectivity index (χ0) is 17.1. The van der Waals surface area contributed by atoms with Crippen molar-refractivity contribution in [3.63, 3.8) is 0 Å². The maximum atomic E-state index is 12.2. The number of nitrogens with one attached hydrogen (secondary N) is 1. The zero-order valence-electron chi connectivity index (χ0n) is 13.2. The maximum Gasteiger partial charge on any atom is 0.231 e. The molecule has 3 aromatic rings. The molecule has 3 rings (SSSR count). The first-order valence-electron chi connectivity index (χ1n) is 7.33. The van der Waals surface area contributed by atoms with E-state index in [1.807, 2.05) is 32.0 Å². The number of thiazole rings is 1. The number of rotatable bonds is 4. The molecule has 0 unspecified atom stereocenters. The maximum absolute atomic E-state index is 12.2. The van der Waals surface area contributed by atoms with Crippen LogP contribution in [0.5, 0.6) is 0 Å². The van der Waals surface area contributed by atoms with Crippen LogP contribution in [0.25, 0.3) is 10.6 Å². The lowest BCUT2D eigenvalue weighted by atomic mass is 10.1. The number of amides is 1. The van der Waals surface area contributed by atoms with Crippen LogP contribution in [-0.4, -0.2) is 20.9 Å². The summed E-state index contributed by atoms with van der Waals surface area (Å²) in [7, 11) is 0. The van der Waals surface area contributed by atoms with E-state index < -0.39 is 0 Å². The summed E-state index contributed by atoms with van der Waals surface area (Å²) >= 11 is 7.42. The molecule has 1 N–H and O–H groups in total. The Labute approximate surface area is 148 Å². The van der Waals surface area contributed by atoms with Gasteiger partial charge in [-0.3, -0.25) is 10.1 Å². The van der Waals surface area contributed by atoms with Crippen molar-refractivity contribution >= 4 is 34.8 Å². The smallest absolute Gasteiger partial charge is 0.231 e. The van der Waals surface area contributed by atoms with Crippen molar-refractivity contribution in [3.05, 3.63) is 57.8 Å². The first kappa shape index (κ1) is 16.5. The molecule has 0 aliphatic rings. The van der Waals surface area contributed by atoms with E-state index in [2.05, 4.69) is 20.3 Å². The van der Waals surface area contributed by atoms with Gasteiger partial charge in [0, 0.05) is 11.2 Å². The Morgan fingerprint density at radius 1 is 1.17 bits per heavy atom. The van der Waals surface area contributed by atoms with Gasteiger partial charge in [0.2, 0.25) is 11.9 Å². The molecule has 122 valence electrons. The highest BCUT2D eigenvalue weighted by Crippen LogP contribution is 2.28. The predicted molar refractivity (Wildman–Crippen MR) is 96.4 cm³/mol. The van der Waals surface area contributed by atoms with Crippen molar-refractivity contribution in [2.75, 3.05) is 5.32 Å². The molecule has 0 saturated carbocycles. The van der Waals surface area contributed by atoms with Gasteiger partial charge >= 0.3 is 0 Å². The monoisotopic (exact) mass is 358 g/mol. The molecule has 24 heavy (non-hydrogen) atoms. The number of halogens is 1. The van der Waals surface area contributed by atoms with Gasteiger partial charge in [0.1, 0.15) is 0 Å². The quantitative estimate of drug-likeness (QED) is 0.763. The lowest BCUT2D eigenvalue weighted by Crippen LogP contribution is -2.16. The molecule has 0 radical (unpaired) electrons. The van der Waals surface area contributed by atoms with Crippen LogP contribution in [0.2, 0.25) is 5.02 Å². The molecule has 5 nitrogen and oxygen atoms in total. The fraction of sp³-hybridized carbons (Fsp3) is 0.176. The SMILES string of the molecule is Cc1nc(C)c(-c2ccnc(NC(=O)Cc3ccc(Cl)cc3)n2)s1. The largest absolute Gasteiger partial charge is 0.294 e. The van der Waals surface area contributed by atoms with E-state index in [1.165, 1.54) is 0 Å². The molecular weight excluding hydrogens is 344 g/mol. The molecular formula is C17H15ClN4OS. The second-order valence-electron chi connectivity index (χ2n) is 5.26. The Morgan fingerprint density at radius 2 is 1.92 bits per heavy atom. The minimum Gasteiger partial charge on any atom is -0.294 e. The summed E-state index contributed by atoms with van der Waals surface area (Å²) in [5, 5.41) is 4.36. The number of benzene rings is 1. The van der Waals surface area contributed by atoms with E-state index >= 15 is 0 Å². The average Bonchev–Trinajstić information content (AvgIpc) is 2.88. The number of carbonyl (C=O) groups is 1. The summed E-state index contributed by atoms with van der Waals surface area (Å²) in [5.41, 5.74) is 2.56. The molecule has 0 aliphatic carbocycles. The minimum absolute atomic E-state index is 0.174. The number of aromatic nitrogens is 3. The summed E-state index contributed by atoms with van der Waals surface area (Å²) in [6.45, 7) is 3.90. The van der Waals surface area contributed by atoms with Crippen LogP contribution < -0.4 is 5.32 Å². The Balaban J connectivity index is 1.73. The van der Waals surface area contributed by atoms with E-state index in [0.29, 0.717) is 5.02 Å². The summed E-state index contributed by atoms with van der Waals surface area (Å²) in [6, 6.07) is 8.98. The Kier molecular flexibility index (Phi) is 4.87. The fourth-order valence-electron chi connectivity index (χ4n) is 2.27. The van der Waals surface area contributed by atoms with Crippen LogP contribution in [0.1, 0.15) is 16.3 Å². The first-order chi connectivity index (χ1) is 11.5. The Morgan fingerprint density at radius 3 is 2.58 bits per heavy atom. The first-order valence-corrected chi connectivity index (χ1v) is 8.52. The van der Waals surface area contributed by atoms with Crippen LogP contribution in [0.15, 0.2) is 36.5 Å². The highest BCUT2D eigenvalue weighted by Gasteiger charge is 2.11. The molecule has 2 aromatic heterocycles. The molecule has 0 saturated heterocycles. The van der Waals surface area contributed by atoms with Crippen LogP contribution in [0.3, 0.4) is 0 Å². The number of carbonyl (C=O) groups excluding carboxylic acids is 1. The molecule has 0 fully saturated rings. The fourth-order valence-corrected chi connectivity index (χ4v) is 3.29. The third kappa shape index (κ3) is 3.96. The standard InChI is InChI=1S/C17H15ClN4OS/c1-10-16(24-11(2)20-10)14-7-8-19-17(21-14)22-15(23)9-12-3-5-13(18)6-4-12/h3-8H,9H2,1-2H3,(H,19,21,22,23). The number of aryl methyl sites for hydroxylation is 2. The van der Waals surface area contributed by atoms with E-state index in [4.69, 9.17) is 11.6 Å². The van der Waals surface area contributed by atoms with E-state index in [1.54, 1.807) is 29.7 Å². The van der Waals surface area contributed by atoms with E-state index in [9.17, 15) is 4.79 Å². The molecule has 0 aliphatic heterocycles. The number of nitrogens with zero attached hydrogens (tertiary/aromatic N) is 3. The highest BCUT2D eigenvalue weighted by atomic mass is 35.5. The van der Waals surface area contributed by atoms with E-state index in [0.717, 1.165) is 26.8 Å². The van der Waals surface area contributed by atoms with Gasteiger partial charge in [-0.15, -0.1) is 11.3 Å². The van der Waals surface area contributed by atoms with Crippen molar-refractivity contribution in [1.82, 2.24) is 15.0 Å². The van der Waals surface area contributed by atoms with Gasteiger partial charge in [-0.2, -0.15) is 0 Å². The molecule has 2 heterocycles. The third-order valence-electron chi connectivity index (χ3n) is 3.32. The number of hydrogen-bond acceptors (Lipinski definition) is 5. The summed E-state index contributed by atoms with van der Waals surface area (Å²) in [4.78, 5) is 26.1. The Hall–Kier alpha value is -2.31. The van der Waals surface area contributed by atoms with Crippen LogP contribution in [0.4, 0.5) is 5.95 Å². The van der Waals surface area contributed by atoms with Crippen LogP contribution in [-0.2, 0) is 11.2 Å². The summed E-state index contributed by atoms with van der Waals surface area (Å²) in [6.07, 6.45) is 1.87. The third-order valence-corrected chi connectivity index (χ3v) is 4.67. The van der Waals surface area contributed by atoms with Gasteiger partial charge in [0.15, 0.2) is 0 Å². The molecule has 7 heteroatoms. The van der Waals surface area contributed by atoms with Crippen molar-refractivity contribution < 1.29 is 4.79 Å². The van der Waals surface area contributed by atoms with Crippen LogP contribution >= 0.6 is 22.9 Å². The van der Waals surface area contributed by atoms with Gasteiger partial charge in [-0.05, 0) is 37.6 Å². The summed E-state index contributed by atoms with van der Waals surface area (Å²) < 4.78 is 0. The van der Waals surface area contributed by atoms with Crippen molar-refractivity contribution in [1.29, 1.82) is 0 Å². The molecule has 1 amide bonds. The van der Waals surface area contributed by atoms with Gasteiger partial charge in [-0.1, -0.05) is 23.7 Å². The second kappa shape index (κ2) is 7.07.